The van der Waals surface area contributed by atoms with Gasteiger partial charge in [0.25, 0.3) is 0 Å². The van der Waals surface area contributed by atoms with Gasteiger partial charge in [0.1, 0.15) is 0 Å². The highest BCUT2D eigenvalue weighted by Crippen LogP contribution is 2.23. The summed E-state index contributed by atoms with van der Waals surface area (Å²) in [7, 11) is 0. The average Bonchev–Trinajstić information content (AvgIpc) is 2.87. The van der Waals surface area contributed by atoms with Gasteiger partial charge in [-0.05, 0) is 17.7 Å². The molecule has 0 amide bonds. The van der Waals surface area contributed by atoms with Crippen LogP contribution in [0.25, 0.3) is 0 Å². The van der Waals surface area contributed by atoms with E-state index in [0.29, 0.717) is 18.1 Å². The van der Waals surface area contributed by atoms with Gasteiger partial charge in [0.2, 0.25) is 0 Å². The molecule has 1 aromatic heterocycles. The van der Waals surface area contributed by atoms with Gasteiger partial charge in [-0.1, -0.05) is 44.5 Å². The Morgan fingerprint density at radius 1 is 1.38 bits per heavy atom. The quantitative estimate of drug-likeness (QED) is 0.795. The Labute approximate surface area is 130 Å². The Hall–Kier alpha value is -1.36. The van der Waals surface area contributed by atoms with Gasteiger partial charge in [-0.2, -0.15) is 5.10 Å². The van der Waals surface area contributed by atoms with Gasteiger partial charge in [0.05, 0.1) is 12.3 Å². The van der Waals surface area contributed by atoms with E-state index < -0.39 is 6.10 Å². The minimum absolute atomic E-state index is 0.0269. The van der Waals surface area contributed by atoms with Crippen LogP contribution in [0.1, 0.15) is 43.7 Å². The molecule has 2 rings (SSSR count). The van der Waals surface area contributed by atoms with E-state index in [2.05, 4.69) is 36.3 Å². The third-order valence-corrected chi connectivity index (χ3v) is 3.59. The predicted molar refractivity (Wildman–Crippen MR) is 85.4 cm³/mol. The summed E-state index contributed by atoms with van der Waals surface area (Å²) in [6, 6.07) is 7.30. The van der Waals surface area contributed by atoms with Gasteiger partial charge in [0, 0.05) is 34.8 Å². The van der Waals surface area contributed by atoms with E-state index in [9.17, 15) is 5.11 Å². The second-order valence-electron chi connectivity index (χ2n) is 6.22. The minimum Gasteiger partial charge on any atom is -0.387 e. The van der Waals surface area contributed by atoms with Gasteiger partial charge < -0.3 is 10.4 Å². The zero-order valence-corrected chi connectivity index (χ0v) is 13.4. The summed E-state index contributed by atoms with van der Waals surface area (Å²) < 4.78 is 0. The van der Waals surface area contributed by atoms with Crippen molar-refractivity contribution in [1.82, 2.24) is 15.5 Å². The van der Waals surface area contributed by atoms with Crippen LogP contribution in [0.15, 0.2) is 30.5 Å². The SMILES string of the molecule is CC(C)(C)c1[nH]ncc1CNC[C@@H](O)c1cccc(Cl)c1. The van der Waals surface area contributed by atoms with E-state index in [-0.39, 0.29) is 5.41 Å². The number of benzene rings is 1. The molecule has 0 unspecified atom stereocenters. The van der Waals surface area contributed by atoms with Gasteiger partial charge in [-0.15, -0.1) is 0 Å². The van der Waals surface area contributed by atoms with Gasteiger partial charge in [-0.3, -0.25) is 5.10 Å². The summed E-state index contributed by atoms with van der Waals surface area (Å²) in [5.41, 5.74) is 3.09. The number of nitrogens with zero attached hydrogens (tertiary/aromatic N) is 1. The molecule has 0 aliphatic rings. The largest absolute Gasteiger partial charge is 0.387 e. The molecule has 1 atom stereocenters. The van der Waals surface area contributed by atoms with E-state index in [0.717, 1.165) is 16.8 Å². The molecule has 0 saturated heterocycles. The van der Waals surface area contributed by atoms with E-state index >= 15 is 0 Å². The Kier molecular flexibility index (Phi) is 5.04. The third-order valence-electron chi connectivity index (χ3n) is 3.35. The number of aromatic amines is 1. The first kappa shape index (κ1) is 16.0. The van der Waals surface area contributed by atoms with Gasteiger partial charge >= 0.3 is 0 Å². The molecule has 114 valence electrons. The Bertz CT molecular complexity index is 589. The van der Waals surface area contributed by atoms with Crippen LogP contribution in [0.4, 0.5) is 0 Å². The van der Waals surface area contributed by atoms with Crippen LogP contribution >= 0.6 is 11.6 Å². The molecular formula is C16H22ClN3O. The van der Waals surface area contributed by atoms with Crippen LogP contribution < -0.4 is 5.32 Å². The molecule has 0 aliphatic heterocycles. The van der Waals surface area contributed by atoms with Crippen LogP contribution in [0.2, 0.25) is 5.02 Å². The van der Waals surface area contributed by atoms with Crippen LogP contribution in [0, 0.1) is 0 Å². The summed E-state index contributed by atoms with van der Waals surface area (Å²) >= 11 is 5.93. The lowest BCUT2D eigenvalue weighted by Gasteiger charge is -2.19. The van der Waals surface area contributed by atoms with Crippen molar-refractivity contribution in [1.29, 1.82) is 0 Å². The number of aliphatic hydroxyl groups excluding tert-OH is 1. The lowest BCUT2D eigenvalue weighted by Crippen LogP contribution is -2.23. The molecule has 3 N–H and O–H groups in total. The number of hydrogen-bond donors (Lipinski definition) is 3. The van der Waals surface area contributed by atoms with Crippen LogP contribution in [0.3, 0.4) is 0 Å². The van der Waals surface area contributed by atoms with E-state index in [1.54, 1.807) is 12.1 Å². The van der Waals surface area contributed by atoms with Crippen molar-refractivity contribution in [3.8, 4) is 0 Å². The molecule has 4 nitrogen and oxygen atoms in total. The maximum absolute atomic E-state index is 10.2. The standard InChI is InChI=1S/C16H22ClN3O/c1-16(2,3)15-12(9-19-20-15)8-18-10-14(21)11-5-4-6-13(17)7-11/h4-7,9,14,18,21H,8,10H2,1-3H3,(H,19,20)/t14-/m1/s1. The van der Waals surface area contributed by atoms with Gasteiger partial charge in [0.15, 0.2) is 0 Å². The third kappa shape index (κ3) is 4.30. The lowest BCUT2D eigenvalue weighted by molar-refractivity contribution is 0.174. The predicted octanol–water partition coefficient (Wildman–Crippen LogP) is 3.18. The molecule has 0 spiro atoms. The Morgan fingerprint density at radius 3 is 2.81 bits per heavy atom. The summed E-state index contributed by atoms with van der Waals surface area (Å²) in [6.07, 6.45) is 1.26. The number of hydrogen-bond acceptors (Lipinski definition) is 3. The summed E-state index contributed by atoms with van der Waals surface area (Å²) in [4.78, 5) is 0. The van der Waals surface area contributed by atoms with Gasteiger partial charge in [-0.25, -0.2) is 0 Å². The highest BCUT2D eigenvalue weighted by molar-refractivity contribution is 6.30. The number of nitrogens with one attached hydrogen (secondary N) is 2. The molecule has 0 bridgehead atoms. The topological polar surface area (TPSA) is 60.9 Å². The monoisotopic (exact) mass is 307 g/mol. The van der Waals surface area contributed by atoms with Crippen LogP contribution in [-0.4, -0.2) is 21.8 Å². The molecule has 1 heterocycles. The highest BCUT2D eigenvalue weighted by Gasteiger charge is 2.19. The Balaban J connectivity index is 1.92. The first-order valence-corrected chi connectivity index (χ1v) is 7.42. The molecule has 0 fully saturated rings. The molecule has 2 aromatic rings. The average molecular weight is 308 g/mol. The van der Waals surface area contributed by atoms with Crippen molar-refractivity contribution in [3.63, 3.8) is 0 Å². The van der Waals surface area contributed by atoms with E-state index in [4.69, 9.17) is 11.6 Å². The van der Waals surface area contributed by atoms with Crippen molar-refractivity contribution < 1.29 is 5.11 Å². The van der Waals surface area contributed by atoms with Crippen molar-refractivity contribution in [3.05, 3.63) is 52.3 Å². The van der Waals surface area contributed by atoms with Crippen molar-refractivity contribution >= 4 is 11.6 Å². The molecular weight excluding hydrogens is 286 g/mol. The Morgan fingerprint density at radius 2 is 2.14 bits per heavy atom. The normalized spacial score (nSPS) is 13.4. The molecule has 1 aromatic carbocycles. The molecule has 0 aliphatic carbocycles. The summed E-state index contributed by atoms with van der Waals surface area (Å²) in [5, 5.41) is 21.2. The summed E-state index contributed by atoms with van der Waals surface area (Å²) in [6.45, 7) is 7.57. The minimum atomic E-state index is -0.575. The second kappa shape index (κ2) is 6.60. The maximum Gasteiger partial charge on any atom is 0.0915 e. The molecule has 0 saturated carbocycles. The lowest BCUT2D eigenvalue weighted by atomic mass is 9.89. The molecule has 5 heteroatoms. The zero-order chi connectivity index (χ0) is 15.5. The van der Waals surface area contributed by atoms with Crippen molar-refractivity contribution in [2.75, 3.05) is 6.54 Å². The number of halogens is 1. The van der Waals surface area contributed by atoms with Crippen molar-refractivity contribution in [2.24, 2.45) is 0 Å². The zero-order valence-electron chi connectivity index (χ0n) is 12.7. The van der Waals surface area contributed by atoms with Crippen LogP contribution in [0.5, 0.6) is 0 Å². The second-order valence-corrected chi connectivity index (χ2v) is 6.66. The fourth-order valence-corrected chi connectivity index (χ4v) is 2.47. The number of aliphatic hydroxyl groups is 1. The molecule has 0 radical (unpaired) electrons. The number of H-pyrrole nitrogens is 1. The van der Waals surface area contributed by atoms with E-state index in [1.165, 1.54) is 0 Å². The highest BCUT2D eigenvalue weighted by atomic mass is 35.5. The smallest absolute Gasteiger partial charge is 0.0915 e. The first-order chi connectivity index (χ1) is 9.88. The first-order valence-electron chi connectivity index (χ1n) is 7.05. The van der Waals surface area contributed by atoms with E-state index in [1.807, 2.05) is 18.3 Å². The fourth-order valence-electron chi connectivity index (χ4n) is 2.27. The number of rotatable bonds is 5. The fraction of sp³-hybridized carbons (Fsp3) is 0.438. The summed E-state index contributed by atoms with van der Waals surface area (Å²) in [5.74, 6) is 0. The molecule has 21 heavy (non-hydrogen) atoms. The maximum atomic E-state index is 10.2. The van der Waals surface area contributed by atoms with Crippen LogP contribution in [-0.2, 0) is 12.0 Å². The van der Waals surface area contributed by atoms with Crippen molar-refractivity contribution in [2.45, 2.75) is 38.8 Å². The number of aromatic nitrogens is 2.